The van der Waals surface area contributed by atoms with Gasteiger partial charge in [-0.05, 0) is 30.4 Å². The van der Waals surface area contributed by atoms with Gasteiger partial charge < -0.3 is 4.98 Å². The number of hydrogen-bond acceptors (Lipinski definition) is 2. The fourth-order valence-electron chi connectivity index (χ4n) is 1.48. The number of aromatic amines is 1. The fourth-order valence-corrected chi connectivity index (χ4v) is 2.39. The zero-order valence-corrected chi connectivity index (χ0v) is 9.04. The normalized spacial score (nSPS) is 17.4. The Bertz CT molecular complexity index is 442. The van der Waals surface area contributed by atoms with Crippen LogP contribution in [-0.2, 0) is 0 Å². The van der Waals surface area contributed by atoms with E-state index in [4.69, 9.17) is 5.26 Å². The molecule has 1 aromatic rings. The molecule has 1 aliphatic carbocycles. The number of hydrogen-bond donors (Lipinski definition) is 1. The number of H-pyrrole nitrogens is 1. The van der Waals surface area contributed by atoms with Crippen molar-refractivity contribution in [3.8, 4) is 6.07 Å². The molecule has 14 heavy (non-hydrogen) atoms. The van der Waals surface area contributed by atoms with Crippen LogP contribution >= 0.6 is 15.9 Å². The highest BCUT2D eigenvalue weighted by molar-refractivity contribution is 9.09. The van der Waals surface area contributed by atoms with Crippen LogP contribution in [0.1, 0.15) is 28.8 Å². The number of halogens is 1. The number of nitrogens with zero attached hydrogens (tertiary/aromatic N) is 1. The van der Waals surface area contributed by atoms with Gasteiger partial charge in [-0.3, -0.25) is 4.79 Å². The zero-order valence-electron chi connectivity index (χ0n) is 7.46. The summed E-state index contributed by atoms with van der Waals surface area (Å²) in [7, 11) is 0. The van der Waals surface area contributed by atoms with E-state index >= 15 is 0 Å². The van der Waals surface area contributed by atoms with Crippen LogP contribution in [0.2, 0.25) is 0 Å². The highest BCUT2D eigenvalue weighted by Crippen LogP contribution is 2.46. The lowest BCUT2D eigenvalue weighted by Gasteiger charge is -2.08. The predicted molar refractivity (Wildman–Crippen MR) is 56.2 cm³/mol. The van der Waals surface area contributed by atoms with Crippen LogP contribution in [0.3, 0.4) is 0 Å². The number of rotatable bonds is 2. The number of nitriles is 1. The molecule has 1 unspecified atom stereocenters. The van der Waals surface area contributed by atoms with Gasteiger partial charge in [-0.2, -0.15) is 5.26 Å². The highest BCUT2D eigenvalue weighted by atomic mass is 79.9. The van der Waals surface area contributed by atoms with E-state index in [0.29, 0.717) is 5.92 Å². The molecule has 4 heteroatoms. The molecule has 0 aliphatic heterocycles. The van der Waals surface area contributed by atoms with Crippen molar-refractivity contribution >= 4 is 15.9 Å². The van der Waals surface area contributed by atoms with Crippen molar-refractivity contribution < 1.29 is 0 Å². The Morgan fingerprint density at radius 3 is 2.93 bits per heavy atom. The van der Waals surface area contributed by atoms with Crippen LogP contribution in [0.4, 0.5) is 0 Å². The molecule has 0 bridgehead atoms. The lowest BCUT2D eigenvalue weighted by atomic mass is 10.1. The van der Waals surface area contributed by atoms with E-state index in [2.05, 4.69) is 20.9 Å². The largest absolute Gasteiger partial charge is 0.328 e. The molecule has 0 amide bonds. The zero-order chi connectivity index (χ0) is 10.1. The SMILES string of the molecule is N#Cc1c(C(Br)C2CC2)cc[nH]c1=O. The van der Waals surface area contributed by atoms with Crippen molar-refractivity contribution in [2.75, 3.05) is 0 Å². The summed E-state index contributed by atoms with van der Waals surface area (Å²) >= 11 is 3.53. The van der Waals surface area contributed by atoms with Crippen molar-refractivity contribution in [3.63, 3.8) is 0 Å². The minimum absolute atomic E-state index is 0.152. The number of alkyl halides is 1. The average Bonchev–Trinajstić information content (AvgIpc) is 2.99. The second-order valence-electron chi connectivity index (χ2n) is 3.49. The summed E-state index contributed by atoms with van der Waals surface area (Å²) in [6.07, 6.45) is 3.94. The van der Waals surface area contributed by atoms with Crippen LogP contribution in [0.5, 0.6) is 0 Å². The number of aromatic nitrogens is 1. The van der Waals surface area contributed by atoms with E-state index in [0.717, 1.165) is 5.56 Å². The minimum atomic E-state index is -0.296. The molecule has 1 fully saturated rings. The molecule has 1 aromatic heterocycles. The second kappa shape index (κ2) is 3.58. The van der Waals surface area contributed by atoms with Crippen molar-refractivity contribution in [1.82, 2.24) is 4.98 Å². The monoisotopic (exact) mass is 252 g/mol. The summed E-state index contributed by atoms with van der Waals surface area (Å²) in [4.78, 5) is 14.0. The standard InChI is InChI=1S/C10H9BrN2O/c11-9(6-1-2-6)7-3-4-13-10(14)8(7)5-12/h3-4,6,9H,1-2H2,(H,13,14). The fraction of sp³-hybridized carbons (Fsp3) is 0.400. The number of nitrogens with one attached hydrogen (secondary N) is 1. The Morgan fingerprint density at radius 1 is 1.64 bits per heavy atom. The van der Waals surface area contributed by atoms with Crippen molar-refractivity contribution in [2.45, 2.75) is 17.7 Å². The van der Waals surface area contributed by atoms with Gasteiger partial charge in [-0.25, -0.2) is 0 Å². The Labute approximate surface area is 89.9 Å². The summed E-state index contributed by atoms with van der Waals surface area (Å²) in [5.74, 6) is 0.587. The molecular weight excluding hydrogens is 244 g/mol. The highest BCUT2D eigenvalue weighted by Gasteiger charge is 2.32. The van der Waals surface area contributed by atoms with Gasteiger partial charge in [0.05, 0.1) is 0 Å². The van der Waals surface area contributed by atoms with Crippen LogP contribution in [-0.4, -0.2) is 4.98 Å². The van der Waals surface area contributed by atoms with Crippen LogP contribution in [0.25, 0.3) is 0 Å². The van der Waals surface area contributed by atoms with Gasteiger partial charge in [0, 0.05) is 11.0 Å². The molecule has 2 rings (SSSR count). The van der Waals surface area contributed by atoms with E-state index in [-0.39, 0.29) is 15.9 Å². The minimum Gasteiger partial charge on any atom is -0.328 e. The van der Waals surface area contributed by atoms with Crippen LogP contribution < -0.4 is 5.56 Å². The van der Waals surface area contributed by atoms with E-state index in [1.165, 1.54) is 12.8 Å². The summed E-state index contributed by atoms with van der Waals surface area (Å²) in [5, 5.41) is 8.86. The molecule has 1 aliphatic rings. The van der Waals surface area contributed by atoms with Crippen LogP contribution in [0, 0.1) is 17.2 Å². The van der Waals surface area contributed by atoms with Crippen molar-refractivity contribution in [2.24, 2.45) is 5.92 Å². The van der Waals surface area contributed by atoms with Gasteiger partial charge >= 0.3 is 0 Å². The van der Waals surface area contributed by atoms with Gasteiger partial charge in [0.15, 0.2) is 0 Å². The summed E-state index contributed by atoms with van der Waals surface area (Å²) < 4.78 is 0. The Morgan fingerprint density at radius 2 is 2.36 bits per heavy atom. The Kier molecular flexibility index (Phi) is 2.42. The molecule has 1 N–H and O–H groups in total. The van der Waals surface area contributed by atoms with E-state index in [9.17, 15) is 4.79 Å². The van der Waals surface area contributed by atoms with Crippen molar-refractivity contribution in [3.05, 3.63) is 33.7 Å². The molecular formula is C10H9BrN2O. The molecule has 0 spiro atoms. The lowest BCUT2D eigenvalue weighted by Crippen LogP contribution is -2.13. The van der Waals surface area contributed by atoms with Gasteiger partial charge in [-0.1, -0.05) is 15.9 Å². The first-order chi connectivity index (χ1) is 6.74. The molecule has 0 radical (unpaired) electrons. The number of pyridine rings is 1. The Balaban J connectivity index is 2.46. The molecule has 3 nitrogen and oxygen atoms in total. The first kappa shape index (κ1) is 9.47. The summed E-state index contributed by atoms with van der Waals surface area (Å²) in [5.41, 5.74) is 0.759. The van der Waals surface area contributed by atoms with E-state index < -0.39 is 0 Å². The third kappa shape index (κ3) is 1.60. The van der Waals surface area contributed by atoms with E-state index in [1.54, 1.807) is 12.3 Å². The lowest BCUT2D eigenvalue weighted by molar-refractivity contribution is 0.816. The first-order valence-electron chi connectivity index (χ1n) is 4.50. The molecule has 72 valence electrons. The molecule has 1 saturated carbocycles. The average molecular weight is 253 g/mol. The molecule has 1 atom stereocenters. The molecule has 0 saturated heterocycles. The Hall–Kier alpha value is -1.08. The smallest absolute Gasteiger partial charge is 0.266 e. The third-order valence-electron chi connectivity index (χ3n) is 2.44. The van der Waals surface area contributed by atoms with Gasteiger partial charge in [0.1, 0.15) is 11.6 Å². The predicted octanol–water partition coefficient (Wildman–Crippen LogP) is 2.09. The van der Waals surface area contributed by atoms with Gasteiger partial charge in [-0.15, -0.1) is 0 Å². The summed E-state index contributed by atoms with van der Waals surface area (Å²) in [6.45, 7) is 0. The topological polar surface area (TPSA) is 56.6 Å². The maximum absolute atomic E-state index is 11.3. The third-order valence-corrected chi connectivity index (χ3v) is 3.68. The maximum Gasteiger partial charge on any atom is 0.266 e. The van der Waals surface area contributed by atoms with Gasteiger partial charge in [0.25, 0.3) is 5.56 Å². The molecule has 0 aromatic carbocycles. The van der Waals surface area contributed by atoms with Crippen molar-refractivity contribution in [1.29, 1.82) is 5.26 Å². The van der Waals surface area contributed by atoms with E-state index in [1.807, 2.05) is 6.07 Å². The maximum atomic E-state index is 11.3. The van der Waals surface area contributed by atoms with Gasteiger partial charge in [0.2, 0.25) is 0 Å². The molecule has 1 heterocycles. The second-order valence-corrected chi connectivity index (χ2v) is 4.47. The quantitative estimate of drug-likeness (QED) is 0.820. The summed E-state index contributed by atoms with van der Waals surface area (Å²) in [6, 6.07) is 3.76. The van der Waals surface area contributed by atoms with Crippen LogP contribution in [0.15, 0.2) is 17.1 Å². The first-order valence-corrected chi connectivity index (χ1v) is 5.41.